The number of carbonyl (C=O) groups excluding carboxylic acids is 1. The van der Waals surface area contributed by atoms with Gasteiger partial charge in [-0.15, -0.1) is 0 Å². The van der Waals surface area contributed by atoms with Gasteiger partial charge in [0.2, 0.25) is 5.91 Å². The Kier molecular flexibility index (Phi) is 4.97. The average molecular weight is 260 g/mol. The van der Waals surface area contributed by atoms with Crippen LogP contribution in [0, 0.1) is 0 Å². The van der Waals surface area contributed by atoms with Gasteiger partial charge in [-0.2, -0.15) is 0 Å². The summed E-state index contributed by atoms with van der Waals surface area (Å²) in [5.74, 6) is 0.184. The molecule has 0 spiro atoms. The molecule has 0 fully saturated rings. The molecule has 0 bridgehead atoms. The maximum absolute atomic E-state index is 11.9. The summed E-state index contributed by atoms with van der Waals surface area (Å²) in [5, 5.41) is 6.48. The number of nitrogens with one attached hydrogen (secondary N) is 2. The highest BCUT2D eigenvalue weighted by atomic mass is 16.1. The lowest BCUT2D eigenvalue weighted by atomic mass is 10.1. The van der Waals surface area contributed by atoms with Gasteiger partial charge in [0.05, 0.1) is 0 Å². The minimum atomic E-state index is 0.184. The fraction of sp³-hybridized carbons (Fsp3) is 0.562. The second-order valence-electron chi connectivity index (χ2n) is 5.65. The molecule has 3 nitrogen and oxygen atoms in total. The largest absolute Gasteiger partial charge is 0.353 e. The highest BCUT2D eigenvalue weighted by molar-refractivity contribution is 5.76. The van der Waals surface area contributed by atoms with E-state index in [-0.39, 0.29) is 5.91 Å². The van der Waals surface area contributed by atoms with Gasteiger partial charge in [-0.25, -0.2) is 0 Å². The van der Waals surface area contributed by atoms with Crippen molar-refractivity contribution in [1.82, 2.24) is 10.6 Å². The fourth-order valence-electron chi connectivity index (χ4n) is 2.60. The van der Waals surface area contributed by atoms with Crippen LogP contribution in [0.3, 0.4) is 0 Å². The number of hydrogen-bond acceptors (Lipinski definition) is 2. The third kappa shape index (κ3) is 4.35. The molecule has 0 saturated carbocycles. The van der Waals surface area contributed by atoms with Crippen molar-refractivity contribution in [2.75, 3.05) is 6.54 Å². The van der Waals surface area contributed by atoms with E-state index in [4.69, 9.17) is 0 Å². The first kappa shape index (κ1) is 14.1. The molecule has 1 aromatic carbocycles. The van der Waals surface area contributed by atoms with Gasteiger partial charge < -0.3 is 10.6 Å². The molecule has 2 N–H and O–H groups in total. The van der Waals surface area contributed by atoms with Crippen LogP contribution in [0.4, 0.5) is 0 Å². The maximum atomic E-state index is 11.9. The van der Waals surface area contributed by atoms with E-state index in [1.807, 2.05) is 0 Å². The SMILES string of the molecule is CC(C)NCCCC(=O)NC1Cc2ccccc2C1. The van der Waals surface area contributed by atoms with Gasteiger partial charge in [0.1, 0.15) is 0 Å². The van der Waals surface area contributed by atoms with Crippen LogP contribution in [-0.4, -0.2) is 24.5 Å². The molecule has 0 radical (unpaired) electrons. The summed E-state index contributed by atoms with van der Waals surface area (Å²) in [6.45, 7) is 5.15. The van der Waals surface area contributed by atoms with E-state index < -0.39 is 0 Å². The van der Waals surface area contributed by atoms with Crippen molar-refractivity contribution in [3.8, 4) is 0 Å². The van der Waals surface area contributed by atoms with E-state index in [0.717, 1.165) is 25.8 Å². The highest BCUT2D eigenvalue weighted by Gasteiger charge is 2.21. The number of hydrogen-bond donors (Lipinski definition) is 2. The maximum Gasteiger partial charge on any atom is 0.220 e. The van der Waals surface area contributed by atoms with Crippen LogP contribution >= 0.6 is 0 Å². The molecular formula is C16H24N2O. The van der Waals surface area contributed by atoms with Gasteiger partial charge in [-0.3, -0.25) is 4.79 Å². The first-order valence-electron chi connectivity index (χ1n) is 7.24. The third-order valence-corrected chi connectivity index (χ3v) is 3.55. The highest BCUT2D eigenvalue weighted by Crippen LogP contribution is 2.21. The third-order valence-electron chi connectivity index (χ3n) is 3.55. The topological polar surface area (TPSA) is 41.1 Å². The zero-order chi connectivity index (χ0) is 13.7. The van der Waals surface area contributed by atoms with Crippen molar-refractivity contribution in [2.45, 2.75) is 51.6 Å². The molecular weight excluding hydrogens is 236 g/mol. The number of benzene rings is 1. The minimum absolute atomic E-state index is 0.184. The summed E-state index contributed by atoms with van der Waals surface area (Å²) >= 11 is 0. The first-order valence-corrected chi connectivity index (χ1v) is 7.24. The Bertz CT molecular complexity index is 404. The van der Waals surface area contributed by atoms with Crippen molar-refractivity contribution >= 4 is 5.91 Å². The van der Waals surface area contributed by atoms with Crippen molar-refractivity contribution in [3.05, 3.63) is 35.4 Å². The van der Waals surface area contributed by atoms with Gasteiger partial charge >= 0.3 is 0 Å². The number of rotatable bonds is 6. The second-order valence-corrected chi connectivity index (χ2v) is 5.65. The smallest absolute Gasteiger partial charge is 0.220 e. The molecule has 0 aromatic heterocycles. The fourth-order valence-corrected chi connectivity index (χ4v) is 2.60. The Balaban J connectivity index is 1.68. The first-order chi connectivity index (χ1) is 9.15. The van der Waals surface area contributed by atoms with Crippen LogP contribution in [-0.2, 0) is 17.6 Å². The predicted molar refractivity (Wildman–Crippen MR) is 78.2 cm³/mol. The van der Waals surface area contributed by atoms with Gasteiger partial charge in [0.15, 0.2) is 0 Å². The van der Waals surface area contributed by atoms with Crippen LogP contribution < -0.4 is 10.6 Å². The van der Waals surface area contributed by atoms with Crippen LogP contribution in [0.2, 0.25) is 0 Å². The normalized spacial score (nSPS) is 14.7. The van der Waals surface area contributed by atoms with E-state index in [0.29, 0.717) is 18.5 Å². The Morgan fingerprint density at radius 2 is 1.89 bits per heavy atom. The Hall–Kier alpha value is -1.35. The lowest BCUT2D eigenvalue weighted by molar-refractivity contribution is -0.121. The summed E-state index contributed by atoms with van der Waals surface area (Å²) in [6.07, 6.45) is 3.48. The molecule has 0 heterocycles. The molecule has 1 aromatic rings. The number of carbonyl (C=O) groups is 1. The molecule has 2 rings (SSSR count). The molecule has 0 aliphatic heterocycles. The summed E-state index contributed by atoms with van der Waals surface area (Å²) < 4.78 is 0. The van der Waals surface area contributed by atoms with Crippen molar-refractivity contribution in [3.63, 3.8) is 0 Å². The zero-order valence-corrected chi connectivity index (χ0v) is 11.9. The summed E-state index contributed by atoms with van der Waals surface area (Å²) in [7, 11) is 0. The quantitative estimate of drug-likeness (QED) is 0.769. The van der Waals surface area contributed by atoms with Crippen LogP contribution in [0.15, 0.2) is 24.3 Å². The lowest BCUT2D eigenvalue weighted by Gasteiger charge is -2.12. The lowest BCUT2D eigenvalue weighted by Crippen LogP contribution is -2.35. The Morgan fingerprint density at radius 1 is 1.26 bits per heavy atom. The Morgan fingerprint density at radius 3 is 2.47 bits per heavy atom. The number of fused-ring (bicyclic) bond motifs is 1. The van der Waals surface area contributed by atoms with E-state index in [2.05, 4.69) is 48.7 Å². The second kappa shape index (κ2) is 6.71. The summed E-state index contributed by atoms with van der Waals surface area (Å²) in [6, 6.07) is 9.25. The van der Waals surface area contributed by atoms with Crippen molar-refractivity contribution < 1.29 is 4.79 Å². The van der Waals surface area contributed by atoms with Crippen LogP contribution in [0.1, 0.15) is 37.8 Å². The molecule has 0 saturated heterocycles. The van der Waals surface area contributed by atoms with Crippen molar-refractivity contribution in [1.29, 1.82) is 0 Å². The molecule has 3 heteroatoms. The molecule has 104 valence electrons. The molecule has 1 amide bonds. The van der Waals surface area contributed by atoms with Crippen molar-refractivity contribution in [2.24, 2.45) is 0 Å². The van der Waals surface area contributed by atoms with E-state index in [9.17, 15) is 4.79 Å². The molecule has 1 aliphatic carbocycles. The summed E-state index contributed by atoms with van der Waals surface area (Å²) in [5.41, 5.74) is 2.77. The molecule has 19 heavy (non-hydrogen) atoms. The average Bonchev–Trinajstić information content (AvgIpc) is 2.76. The molecule has 1 aliphatic rings. The molecule has 0 atom stereocenters. The van der Waals surface area contributed by atoms with E-state index in [1.54, 1.807) is 0 Å². The minimum Gasteiger partial charge on any atom is -0.353 e. The summed E-state index contributed by atoms with van der Waals surface area (Å²) in [4.78, 5) is 11.9. The van der Waals surface area contributed by atoms with Crippen LogP contribution in [0.5, 0.6) is 0 Å². The monoisotopic (exact) mass is 260 g/mol. The van der Waals surface area contributed by atoms with Gasteiger partial charge in [0.25, 0.3) is 0 Å². The Labute approximate surface area is 115 Å². The van der Waals surface area contributed by atoms with Gasteiger partial charge in [-0.1, -0.05) is 38.1 Å². The predicted octanol–water partition coefficient (Wildman–Crippen LogP) is 2.05. The zero-order valence-electron chi connectivity index (χ0n) is 11.9. The van der Waals surface area contributed by atoms with Gasteiger partial charge in [0, 0.05) is 18.5 Å². The van der Waals surface area contributed by atoms with E-state index >= 15 is 0 Å². The van der Waals surface area contributed by atoms with Gasteiger partial charge in [-0.05, 0) is 36.9 Å². The number of amides is 1. The van der Waals surface area contributed by atoms with E-state index in [1.165, 1.54) is 11.1 Å². The molecule has 0 unspecified atom stereocenters. The van der Waals surface area contributed by atoms with Crippen LogP contribution in [0.25, 0.3) is 0 Å². The standard InChI is InChI=1S/C16H24N2O/c1-12(2)17-9-5-8-16(19)18-15-10-13-6-3-4-7-14(13)11-15/h3-4,6-7,12,15,17H,5,8-11H2,1-2H3,(H,18,19).